The molecule has 0 fully saturated rings. The van der Waals surface area contributed by atoms with E-state index in [1.54, 1.807) is 0 Å². The number of halogens is 15. The minimum absolute atomic E-state index is 1.00. The van der Waals surface area contributed by atoms with Crippen LogP contribution in [0.15, 0.2) is 0 Å². The maximum atomic E-state index is 10.4. The van der Waals surface area contributed by atoms with Gasteiger partial charge >= 0.3 is 84.2 Å². The van der Waals surface area contributed by atoms with Crippen LogP contribution >= 0.6 is 0 Å². The summed E-state index contributed by atoms with van der Waals surface area (Å²) in [6.45, 7) is 0. The SMILES string of the molecule is F[B-](F)(F)F.F[B-](F)(F)F.F[B-](F)(F)F.F[C](F)(F)[K]. The first-order valence-electron chi connectivity index (χ1n) is 3.69. The average Bonchev–Trinajstić information content (AvgIpc) is 1.62. The Bertz CT molecular complexity index is 133. The summed E-state index contributed by atoms with van der Waals surface area (Å²) in [5, 5.41) is 0. The van der Waals surface area contributed by atoms with Crippen molar-refractivity contribution in [1.29, 1.82) is 0 Å². The van der Waals surface area contributed by atoms with Gasteiger partial charge in [0.2, 0.25) is 0 Å². The Balaban J connectivity index is -0.0000000853. The third-order valence-electron chi connectivity index (χ3n) is 0. The Hall–Kier alpha value is 0.781. The molecule has 0 nitrogen and oxygen atoms in total. The van der Waals surface area contributed by atoms with Gasteiger partial charge in [-0.2, -0.15) is 0 Å². The fourth-order valence-corrected chi connectivity index (χ4v) is 0. The molecule has 0 radical (unpaired) electrons. The van der Waals surface area contributed by atoms with Gasteiger partial charge in [0.05, 0.1) is 0 Å². The Morgan fingerprint density at radius 2 is 0.450 bits per heavy atom. The van der Waals surface area contributed by atoms with Crippen LogP contribution in [0.25, 0.3) is 0 Å². The molecule has 122 valence electrons. The van der Waals surface area contributed by atoms with Crippen molar-refractivity contribution in [3.05, 3.63) is 0 Å². The summed E-state index contributed by atoms with van der Waals surface area (Å²) in [6, 6.07) is 0. The van der Waals surface area contributed by atoms with E-state index in [1.807, 2.05) is 0 Å². The first-order chi connectivity index (χ1) is 8.00. The van der Waals surface area contributed by atoms with Crippen LogP contribution in [-0.4, -0.2) is 71.0 Å². The molecule has 0 aromatic carbocycles. The summed E-state index contributed by atoms with van der Waals surface area (Å²) < 4.78 is 144. The van der Waals surface area contributed by atoms with Gasteiger partial charge in [-0.15, -0.1) is 0 Å². The normalized spacial score (nSPS) is 12.1. The second-order valence-corrected chi connectivity index (χ2v) is 4.04. The molecule has 0 N–H and O–H groups in total. The fraction of sp³-hybridized carbons (Fsp3) is 1.00. The fourth-order valence-electron chi connectivity index (χ4n) is 0. The standard InChI is InChI=1S/CF3.3BF4.K/c2-1(3)4;3*2-1(3,4)5;/q;3*-1;. The molecule has 19 heteroatoms. The van der Waals surface area contributed by atoms with Gasteiger partial charge in [-0.05, 0) is 0 Å². The van der Waals surface area contributed by atoms with E-state index in [1.165, 1.54) is 0 Å². The van der Waals surface area contributed by atoms with Gasteiger partial charge in [0, 0.05) is 0 Å². The van der Waals surface area contributed by atoms with Crippen molar-refractivity contribution < 1.29 is 65.0 Å². The molecule has 0 atom stereocenters. The van der Waals surface area contributed by atoms with Gasteiger partial charge in [0.1, 0.15) is 0 Å². The van der Waals surface area contributed by atoms with Crippen LogP contribution in [0, 0.1) is 0 Å². The molecule has 0 aromatic rings. The van der Waals surface area contributed by atoms with Crippen LogP contribution in [-0.2, 0) is 0 Å². The molecule has 0 bridgehead atoms. The van der Waals surface area contributed by atoms with E-state index in [-0.39, 0.29) is 0 Å². The monoisotopic (exact) mass is 369 g/mol. The summed E-state index contributed by atoms with van der Waals surface area (Å²) in [4.78, 5) is 0. The van der Waals surface area contributed by atoms with Crippen LogP contribution in [0.2, 0.25) is 0 Å². The Morgan fingerprint density at radius 1 is 0.450 bits per heavy atom. The van der Waals surface area contributed by atoms with Crippen molar-refractivity contribution in [3.63, 3.8) is 0 Å². The molecule has 0 aliphatic carbocycles. The van der Waals surface area contributed by atoms with Crippen LogP contribution in [0.3, 0.4) is 0 Å². The van der Waals surface area contributed by atoms with Crippen molar-refractivity contribution in [2.24, 2.45) is 0 Å². The average molecular weight is 369 g/mol. The molecule has 0 saturated heterocycles. The zero-order chi connectivity index (χ0) is 18.0. The van der Waals surface area contributed by atoms with E-state index in [4.69, 9.17) is 0 Å². The first-order valence-corrected chi connectivity index (χ1v) is 5.25. The second kappa shape index (κ2) is 11.4. The van der Waals surface area contributed by atoms with Crippen molar-refractivity contribution >= 4 is 70.7 Å². The molecule has 0 spiro atoms. The third kappa shape index (κ3) is 9730. The predicted molar refractivity (Wildman–Crippen MR) is 42.4 cm³/mol. The molecular formula is CB3F15K-3. The van der Waals surface area contributed by atoms with Gasteiger partial charge in [-0.1, -0.05) is 0 Å². The zero-order valence-corrected chi connectivity index (χ0v) is 12.0. The van der Waals surface area contributed by atoms with Crippen LogP contribution in [0.5, 0.6) is 0 Å². The Kier molecular flexibility index (Phi) is 16.4. The van der Waals surface area contributed by atoms with E-state index >= 15 is 0 Å². The van der Waals surface area contributed by atoms with Crippen molar-refractivity contribution in [1.82, 2.24) is 0 Å². The predicted octanol–water partition coefficient (Wildman–Crippen LogP) is 4.57. The molecule has 0 rings (SSSR count). The van der Waals surface area contributed by atoms with E-state index in [0.29, 0.717) is 0 Å². The van der Waals surface area contributed by atoms with Crippen LogP contribution in [0.1, 0.15) is 0 Å². The van der Waals surface area contributed by atoms with E-state index in [2.05, 4.69) is 0 Å². The molecular weight excluding hydrogens is 369 g/mol. The molecule has 20 heavy (non-hydrogen) atoms. The molecule has 0 unspecified atom stereocenters. The molecule has 0 aliphatic rings. The maximum absolute atomic E-state index is 10.4. The minimum atomic E-state index is -6.00. The van der Waals surface area contributed by atoms with Gasteiger partial charge in [0.25, 0.3) is 0 Å². The van der Waals surface area contributed by atoms with Gasteiger partial charge in [-0.3, -0.25) is 0 Å². The van der Waals surface area contributed by atoms with Crippen molar-refractivity contribution in [2.45, 2.75) is 0.271 Å². The van der Waals surface area contributed by atoms with E-state index in [9.17, 15) is 65.0 Å². The molecule has 0 aliphatic heterocycles. The summed E-state index contributed by atoms with van der Waals surface area (Å²) in [5.41, 5.74) is 0. The van der Waals surface area contributed by atoms with Gasteiger partial charge in [0.15, 0.2) is 0 Å². The summed E-state index contributed by atoms with van der Waals surface area (Å²) in [7, 11) is -18.0. The van der Waals surface area contributed by atoms with E-state index < -0.39 is 71.0 Å². The molecule has 0 heterocycles. The number of rotatable bonds is 0. The molecule has 0 amide bonds. The second-order valence-electron chi connectivity index (χ2n) is 2.27. The Morgan fingerprint density at radius 3 is 0.450 bits per heavy atom. The number of hydrogen-bond donors (Lipinski definition) is 0. The number of alkyl halides is 3. The van der Waals surface area contributed by atoms with Gasteiger partial charge in [-0.25, -0.2) is 0 Å². The molecule has 0 aromatic heterocycles. The topological polar surface area (TPSA) is 0 Å². The molecule has 0 saturated carbocycles. The van der Waals surface area contributed by atoms with Crippen LogP contribution in [0.4, 0.5) is 65.0 Å². The summed E-state index contributed by atoms with van der Waals surface area (Å²) in [5.74, 6) is 0. The zero-order valence-electron chi connectivity index (χ0n) is 8.90. The van der Waals surface area contributed by atoms with Gasteiger partial charge < -0.3 is 51.8 Å². The first kappa shape index (κ1) is 28.9. The third-order valence-corrected chi connectivity index (χ3v) is 0. The van der Waals surface area contributed by atoms with E-state index in [0.717, 1.165) is 0 Å². The Labute approximate surface area is 135 Å². The quantitative estimate of drug-likeness (QED) is 0.434. The summed E-state index contributed by atoms with van der Waals surface area (Å²) in [6.07, 6.45) is 0. The van der Waals surface area contributed by atoms with Crippen LogP contribution < -0.4 is 0 Å². The summed E-state index contributed by atoms with van der Waals surface area (Å²) >= 11 is -1.00. The van der Waals surface area contributed by atoms with Crippen molar-refractivity contribution in [3.8, 4) is 0 Å². The number of hydrogen-bond acceptors (Lipinski definition) is 0. The van der Waals surface area contributed by atoms with Crippen molar-refractivity contribution in [2.75, 3.05) is 0 Å².